The lowest BCUT2D eigenvalue weighted by molar-refractivity contribution is 0.144. The van der Waals surface area contributed by atoms with Gasteiger partial charge in [0.2, 0.25) is 0 Å². The SMILES string of the molecule is COCCNCC1(Cc2c(F)cccc2Cl)CCOC1. The van der Waals surface area contributed by atoms with Crippen LogP contribution in [0.2, 0.25) is 5.02 Å². The van der Waals surface area contributed by atoms with E-state index in [1.807, 2.05) is 0 Å². The summed E-state index contributed by atoms with van der Waals surface area (Å²) in [6, 6.07) is 4.83. The second-order valence-electron chi connectivity index (χ2n) is 5.35. The highest BCUT2D eigenvalue weighted by Crippen LogP contribution is 2.35. The summed E-state index contributed by atoms with van der Waals surface area (Å²) in [7, 11) is 1.68. The van der Waals surface area contributed by atoms with Crippen LogP contribution in [0.4, 0.5) is 4.39 Å². The van der Waals surface area contributed by atoms with Gasteiger partial charge in [-0.05, 0) is 25.0 Å². The molecular formula is C15H21ClFNO2. The van der Waals surface area contributed by atoms with Gasteiger partial charge in [0.25, 0.3) is 0 Å². The van der Waals surface area contributed by atoms with Crippen LogP contribution in [0.1, 0.15) is 12.0 Å². The average molecular weight is 302 g/mol. The molecule has 1 aliphatic rings. The fraction of sp³-hybridized carbons (Fsp3) is 0.600. The minimum atomic E-state index is -0.235. The second-order valence-corrected chi connectivity index (χ2v) is 5.76. The number of hydrogen-bond donors (Lipinski definition) is 1. The van der Waals surface area contributed by atoms with E-state index in [1.54, 1.807) is 19.2 Å². The molecule has 0 aliphatic carbocycles. The molecule has 0 aromatic heterocycles. The van der Waals surface area contributed by atoms with Gasteiger partial charge in [0, 0.05) is 42.8 Å². The van der Waals surface area contributed by atoms with Crippen molar-refractivity contribution in [3.8, 4) is 0 Å². The molecule has 1 saturated heterocycles. The molecule has 1 heterocycles. The quantitative estimate of drug-likeness (QED) is 0.786. The van der Waals surface area contributed by atoms with Crippen LogP contribution in [0.25, 0.3) is 0 Å². The van der Waals surface area contributed by atoms with Crippen LogP contribution < -0.4 is 5.32 Å². The summed E-state index contributed by atoms with van der Waals surface area (Å²) in [6.45, 7) is 3.58. The predicted molar refractivity (Wildman–Crippen MR) is 77.7 cm³/mol. The lowest BCUT2D eigenvalue weighted by Gasteiger charge is -2.28. The Kier molecular flexibility index (Phi) is 5.78. The van der Waals surface area contributed by atoms with Crippen LogP contribution in [-0.4, -0.2) is 40.0 Å². The van der Waals surface area contributed by atoms with Gasteiger partial charge in [-0.3, -0.25) is 0 Å². The van der Waals surface area contributed by atoms with Crippen LogP contribution in [0.15, 0.2) is 18.2 Å². The van der Waals surface area contributed by atoms with Crippen molar-refractivity contribution in [1.82, 2.24) is 5.32 Å². The summed E-state index contributed by atoms with van der Waals surface area (Å²) in [6.07, 6.45) is 1.51. The maximum Gasteiger partial charge on any atom is 0.127 e. The molecule has 1 aromatic rings. The average Bonchev–Trinajstić information content (AvgIpc) is 2.89. The first-order valence-electron chi connectivity index (χ1n) is 6.87. The first-order chi connectivity index (χ1) is 9.67. The third-order valence-corrected chi connectivity index (χ3v) is 4.14. The largest absolute Gasteiger partial charge is 0.383 e. The summed E-state index contributed by atoms with van der Waals surface area (Å²) in [5.74, 6) is -0.235. The van der Waals surface area contributed by atoms with Crippen LogP contribution >= 0.6 is 11.6 Å². The lowest BCUT2D eigenvalue weighted by Crippen LogP contribution is -2.38. The maximum absolute atomic E-state index is 14.0. The zero-order valence-electron chi connectivity index (χ0n) is 11.8. The molecule has 1 fully saturated rings. The smallest absolute Gasteiger partial charge is 0.127 e. The molecule has 0 radical (unpaired) electrons. The van der Waals surface area contributed by atoms with E-state index in [9.17, 15) is 4.39 Å². The number of ether oxygens (including phenoxy) is 2. The van der Waals surface area contributed by atoms with E-state index in [2.05, 4.69) is 5.32 Å². The molecule has 20 heavy (non-hydrogen) atoms. The van der Waals surface area contributed by atoms with Gasteiger partial charge in [0.05, 0.1) is 13.2 Å². The Hall–Kier alpha value is -0.680. The highest BCUT2D eigenvalue weighted by Gasteiger charge is 2.36. The van der Waals surface area contributed by atoms with E-state index in [4.69, 9.17) is 21.1 Å². The van der Waals surface area contributed by atoms with E-state index in [1.165, 1.54) is 6.07 Å². The predicted octanol–water partition coefficient (Wildman–Crippen LogP) is 2.66. The zero-order valence-corrected chi connectivity index (χ0v) is 12.5. The highest BCUT2D eigenvalue weighted by molar-refractivity contribution is 6.31. The Labute approximate surface area is 124 Å². The number of benzene rings is 1. The van der Waals surface area contributed by atoms with Crippen molar-refractivity contribution < 1.29 is 13.9 Å². The van der Waals surface area contributed by atoms with Crippen molar-refractivity contribution in [3.05, 3.63) is 34.6 Å². The van der Waals surface area contributed by atoms with Crippen molar-refractivity contribution >= 4 is 11.6 Å². The van der Waals surface area contributed by atoms with Gasteiger partial charge in [-0.1, -0.05) is 17.7 Å². The first kappa shape index (κ1) is 15.7. The number of nitrogens with one attached hydrogen (secondary N) is 1. The molecule has 1 aromatic carbocycles. The van der Waals surface area contributed by atoms with Gasteiger partial charge in [-0.2, -0.15) is 0 Å². The van der Waals surface area contributed by atoms with Gasteiger partial charge >= 0.3 is 0 Å². The van der Waals surface area contributed by atoms with Crippen molar-refractivity contribution in [2.75, 3.05) is 40.0 Å². The van der Waals surface area contributed by atoms with Crippen molar-refractivity contribution in [1.29, 1.82) is 0 Å². The van der Waals surface area contributed by atoms with Crippen LogP contribution in [0, 0.1) is 11.2 Å². The fourth-order valence-corrected chi connectivity index (χ4v) is 2.82. The molecule has 1 unspecified atom stereocenters. The van der Waals surface area contributed by atoms with Gasteiger partial charge in [0.15, 0.2) is 0 Å². The van der Waals surface area contributed by atoms with E-state index < -0.39 is 0 Å². The summed E-state index contributed by atoms with van der Waals surface area (Å²) < 4.78 is 24.5. The second kappa shape index (κ2) is 7.36. The normalized spacial score (nSPS) is 22.4. The van der Waals surface area contributed by atoms with E-state index in [-0.39, 0.29) is 11.2 Å². The van der Waals surface area contributed by atoms with Gasteiger partial charge in [0.1, 0.15) is 5.82 Å². The van der Waals surface area contributed by atoms with Gasteiger partial charge in [-0.25, -0.2) is 4.39 Å². The molecule has 3 nitrogen and oxygen atoms in total. The topological polar surface area (TPSA) is 30.5 Å². The van der Waals surface area contributed by atoms with Crippen molar-refractivity contribution in [3.63, 3.8) is 0 Å². The molecule has 1 N–H and O–H groups in total. The Morgan fingerprint density at radius 3 is 3.00 bits per heavy atom. The molecule has 112 valence electrons. The molecular weight excluding hydrogens is 281 g/mol. The minimum absolute atomic E-state index is 0.0838. The van der Waals surface area contributed by atoms with Gasteiger partial charge < -0.3 is 14.8 Å². The summed E-state index contributed by atoms with van der Waals surface area (Å²) >= 11 is 6.13. The van der Waals surface area contributed by atoms with Gasteiger partial charge in [-0.15, -0.1) is 0 Å². The number of halogens is 2. The number of methoxy groups -OCH3 is 1. The molecule has 2 rings (SSSR count). The number of rotatable bonds is 7. The van der Waals surface area contributed by atoms with Crippen molar-refractivity contribution in [2.45, 2.75) is 12.8 Å². The van der Waals surface area contributed by atoms with E-state index in [0.717, 1.165) is 26.1 Å². The van der Waals surface area contributed by atoms with Crippen LogP contribution in [-0.2, 0) is 15.9 Å². The molecule has 0 amide bonds. The molecule has 5 heteroatoms. The lowest BCUT2D eigenvalue weighted by atomic mass is 9.80. The maximum atomic E-state index is 14.0. The summed E-state index contributed by atoms with van der Waals surface area (Å²) in [4.78, 5) is 0. The third-order valence-electron chi connectivity index (χ3n) is 3.78. The summed E-state index contributed by atoms with van der Waals surface area (Å²) in [5, 5.41) is 3.85. The number of hydrogen-bond acceptors (Lipinski definition) is 3. The summed E-state index contributed by atoms with van der Waals surface area (Å²) in [5.41, 5.74) is 0.507. The Balaban J connectivity index is 2.05. The van der Waals surface area contributed by atoms with Crippen LogP contribution in [0.3, 0.4) is 0 Å². The monoisotopic (exact) mass is 301 g/mol. The van der Waals surface area contributed by atoms with E-state index in [0.29, 0.717) is 30.2 Å². The zero-order chi connectivity index (χ0) is 14.4. The van der Waals surface area contributed by atoms with E-state index >= 15 is 0 Å². The third kappa shape index (κ3) is 3.92. The van der Waals surface area contributed by atoms with Crippen molar-refractivity contribution in [2.24, 2.45) is 5.41 Å². The Morgan fingerprint density at radius 2 is 2.35 bits per heavy atom. The first-order valence-corrected chi connectivity index (χ1v) is 7.25. The Bertz CT molecular complexity index is 416. The molecule has 1 atom stereocenters. The fourth-order valence-electron chi connectivity index (χ4n) is 2.59. The standard InChI is InChI=1S/C15H21ClFNO2/c1-19-8-6-18-10-15(5-7-20-11-15)9-12-13(16)3-2-4-14(12)17/h2-4,18H,5-11H2,1H3. The Morgan fingerprint density at radius 1 is 1.50 bits per heavy atom. The highest BCUT2D eigenvalue weighted by atomic mass is 35.5. The minimum Gasteiger partial charge on any atom is -0.383 e. The molecule has 0 bridgehead atoms. The molecule has 0 saturated carbocycles. The van der Waals surface area contributed by atoms with Crippen LogP contribution in [0.5, 0.6) is 0 Å². The molecule has 0 spiro atoms. The molecule has 1 aliphatic heterocycles.